The van der Waals surface area contributed by atoms with E-state index in [1.165, 1.54) is 12.1 Å². The molecule has 2 bridgehead atoms. The molecule has 1 aromatic carbocycles. The molecule has 0 saturated heterocycles. The van der Waals surface area contributed by atoms with Crippen LogP contribution in [0.5, 0.6) is 0 Å². The lowest BCUT2D eigenvalue weighted by atomic mass is 9.62. The molecule has 0 unspecified atom stereocenters. The first kappa shape index (κ1) is 14.8. The number of benzene rings is 1. The maximum Gasteiger partial charge on any atom is 0.307 e. The highest BCUT2D eigenvalue weighted by molar-refractivity contribution is 5.86. The van der Waals surface area contributed by atoms with Crippen LogP contribution in [0.25, 0.3) is 0 Å². The zero-order chi connectivity index (χ0) is 15.7. The third-order valence-electron chi connectivity index (χ3n) is 4.72. The SMILES string of the molecule is O=C(NCc1ccc(F)cc1)[C@@H]1[C@H](C(=O)O)[C@H]2C=C[C@H]1CC2. The average Bonchev–Trinajstić information content (AvgIpc) is 2.54. The molecule has 2 N–H and O–H groups in total. The summed E-state index contributed by atoms with van der Waals surface area (Å²) in [5, 5.41) is 12.2. The molecule has 0 spiro atoms. The smallest absolute Gasteiger partial charge is 0.307 e. The number of carboxylic acid groups (broad SMARTS) is 1. The second-order valence-electron chi connectivity index (χ2n) is 6.02. The fourth-order valence-corrected chi connectivity index (χ4v) is 3.60. The highest BCUT2D eigenvalue weighted by Crippen LogP contribution is 2.45. The number of carbonyl (C=O) groups excluding carboxylic acids is 1. The van der Waals surface area contributed by atoms with E-state index in [1.54, 1.807) is 12.1 Å². The molecular weight excluding hydrogens is 285 g/mol. The van der Waals surface area contributed by atoms with Crippen LogP contribution in [0.1, 0.15) is 18.4 Å². The Labute approximate surface area is 128 Å². The molecule has 0 heterocycles. The molecule has 22 heavy (non-hydrogen) atoms. The number of allylic oxidation sites excluding steroid dienone is 2. The lowest BCUT2D eigenvalue weighted by Gasteiger charge is -2.41. The zero-order valence-electron chi connectivity index (χ0n) is 12.0. The molecule has 3 aliphatic rings. The third kappa shape index (κ3) is 2.75. The number of aliphatic carboxylic acids is 1. The second-order valence-corrected chi connectivity index (χ2v) is 6.02. The van der Waals surface area contributed by atoms with E-state index in [9.17, 15) is 19.1 Å². The van der Waals surface area contributed by atoms with Crippen molar-refractivity contribution in [2.24, 2.45) is 23.7 Å². The minimum atomic E-state index is -0.902. The fraction of sp³-hybridized carbons (Fsp3) is 0.412. The minimum absolute atomic E-state index is 0.000632. The summed E-state index contributed by atoms with van der Waals surface area (Å²) in [6.45, 7) is 0.281. The van der Waals surface area contributed by atoms with Gasteiger partial charge in [-0.25, -0.2) is 4.39 Å². The number of amides is 1. The van der Waals surface area contributed by atoms with E-state index in [1.807, 2.05) is 12.2 Å². The van der Waals surface area contributed by atoms with Gasteiger partial charge in [-0.15, -0.1) is 0 Å². The van der Waals surface area contributed by atoms with Gasteiger partial charge in [-0.1, -0.05) is 24.3 Å². The van der Waals surface area contributed by atoms with Crippen LogP contribution in [0, 0.1) is 29.5 Å². The van der Waals surface area contributed by atoms with Crippen molar-refractivity contribution in [3.05, 3.63) is 47.8 Å². The van der Waals surface area contributed by atoms with Crippen LogP contribution in [0.4, 0.5) is 4.39 Å². The van der Waals surface area contributed by atoms with Gasteiger partial charge in [-0.05, 0) is 42.4 Å². The van der Waals surface area contributed by atoms with Crippen molar-refractivity contribution >= 4 is 11.9 Å². The molecule has 4 atom stereocenters. The van der Waals surface area contributed by atoms with Gasteiger partial charge in [-0.2, -0.15) is 0 Å². The summed E-state index contributed by atoms with van der Waals surface area (Å²) in [6, 6.07) is 5.90. The number of nitrogens with one attached hydrogen (secondary N) is 1. The van der Waals surface area contributed by atoms with Crippen LogP contribution >= 0.6 is 0 Å². The number of fused-ring (bicyclic) bond motifs is 2. The largest absolute Gasteiger partial charge is 0.481 e. The van der Waals surface area contributed by atoms with E-state index in [-0.39, 0.29) is 30.1 Å². The number of halogens is 1. The predicted octanol–water partition coefficient (Wildman–Crippen LogP) is 2.35. The molecule has 4 rings (SSSR count). The Hall–Kier alpha value is -2.17. The van der Waals surface area contributed by atoms with Gasteiger partial charge in [0.05, 0.1) is 11.8 Å². The first-order valence-corrected chi connectivity index (χ1v) is 7.49. The van der Waals surface area contributed by atoms with Gasteiger partial charge in [0.1, 0.15) is 5.82 Å². The molecular formula is C17H18FNO3. The molecule has 0 aromatic heterocycles. The first-order valence-electron chi connectivity index (χ1n) is 7.49. The van der Waals surface area contributed by atoms with Crippen molar-refractivity contribution in [2.75, 3.05) is 0 Å². The monoisotopic (exact) mass is 303 g/mol. The van der Waals surface area contributed by atoms with Crippen LogP contribution in [0.15, 0.2) is 36.4 Å². The Bertz CT molecular complexity index is 611. The van der Waals surface area contributed by atoms with E-state index >= 15 is 0 Å². The van der Waals surface area contributed by atoms with Crippen LogP contribution in [0.2, 0.25) is 0 Å². The summed E-state index contributed by atoms with van der Waals surface area (Å²) in [7, 11) is 0. The standard InChI is InChI=1S/C17H18FNO3/c18-13-7-1-10(2-8-13)9-19-16(20)14-11-3-5-12(6-4-11)15(14)17(21)22/h1-3,5,7-8,11-12,14-15H,4,6,9H2,(H,19,20)(H,21,22)/t11-,12-,14-,15+/m0/s1. The lowest BCUT2D eigenvalue weighted by Crippen LogP contribution is -2.48. The Balaban J connectivity index is 1.69. The third-order valence-corrected chi connectivity index (χ3v) is 4.72. The van der Waals surface area contributed by atoms with Crippen molar-refractivity contribution in [1.82, 2.24) is 5.32 Å². The van der Waals surface area contributed by atoms with Crippen molar-refractivity contribution in [3.63, 3.8) is 0 Å². The van der Waals surface area contributed by atoms with Gasteiger partial charge in [0.25, 0.3) is 0 Å². The Morgan fingerprint density at radius 1 is 1.09 bits per heavy atom. The zero-order valence-corrected chi connectivity index (χ0v) is 12.0. The Kier molecular flexibility index (Phi) is 3.96. The van der Waals surface area contributed by atoms with Crippen LogP contribution in [0.3, 0.4) is 0 Å². The molecule has 1 fully saturated rings. The van der Waals surface area contributed by atoms with E-state index < -0.39 is 17.8 Å². The maximum atomic E-state index is 12.9. The van der Waals surface area contributed by atoms with Crippen molar-refractivity contribution in [3.8, 4) is 0 Å². The number of rotatable bonds is 4. The van der Waals surface area contributed by atoms with Crippen LogP contribution in [-0.2, 0) is 16.1 Å². The van der Waals surface area contributed by atoms with Gasteiger partial charge in [0, 0.05) is 6.54 Å². The topological polar surface area (TPSA) is 66.4 Å². The van der Waals surface area contributed by atoms with Gasteiger partial charge >= 0.3 is 5.97 Å². The molecule has 4 nitrogen and oxygen atoms in total. The molecule has 1 amide bonds. The van der Waals surface area contributed by atoms with E-state index in [2.05, 4.69) is 5.32 Å². The summed E-state index contributed by atoms with van der Waals surface area (Å²) in [5.41, 5.74) is 0.790. The highest BCUT2D eigenvalue weighted by Gasteiger charge is 2.47. The number of carboxylic acids is 1. The first-order chi connectivity index (χ1) is 10.6. The predicted molar refractivity (Wildman–Crippen MR) is 78.2 cm³/mol. The summed E-state index contributed by atoms with van der Waals surface area (Å²) in [4.78, 5) is 24.0. The van der Waals surface area contributed by atoms with E-state index in [0.29, 0.717) is 0 Å². The molecule has 3 aliphatic carbocycles. The van der Waals surface area contributed by atoms with E-state index in [0.717, 1.165) is 18.4 Å². The molecule has 0 aliphatic heterocycles. The summed E-state index contributed by atoms with van der Waals surface area (Å²) in [5.74, 6) is -2.66. The van der Waals surface area contributed by atoms with Gasteiger partial charge in [0.15, 0.2) is 0 Å². The van der Waals surface area contributed by atoms with Gasteiger partial charge < -0.3 is 10.4 Å². The van der Waals surface area contributed by atoms with Crippen LogP contribution < -0.4 is 5.32 Å². The van der Waals surface area contributed by atoms with Crippen molar-refractivity contribution < 1.29 is 19.1 Å². The molecule has 1 aromatic rings. The normalized spacial score (nSPS) is 29.3. The van der Waals surface area contributed by atoms with Crippen molar-refractivity contribution in [2.45, 2.75) is 19.4 Å². The number of hydrogen-bond donors (Lipinski definition) is 2. The number of carbonyl (C=O) groups is 2. The Morgan fingerprint density at radius 3 is 2.23 bits per heavy atom. The quantitative estimate of drug-likeness (QED) is 0.839. The van der Waals surface area contributed by atoms with Gasteiger partial charge in [-0.3, -0.25) is 9.59 Å². The average molecular weight is 303 g/mol. The minimum Gasteiger partial charge on any atom is -0.481 e. The highest BCUT2D eigenvalue weighted by atomic mass is 19.1. The second kappa shape index (κ2) is 5.91. The van der Waals surface area contributed by atoms with Crippen LogP contribution in [-0.4, -0.2) is 17.0 Å². The fourth-order valence-electron chi connectivity index (χ4n) is 3.60. The van der Waals surface area contributed by atoms with E-state index in [4.69, 9.17) is 0 Å². The Morgan fingerprint density at radius 2 is 1.68 bits per heavy atom. The molecule has 5 heteroatoms. The summed E-state index contributed by atoms with van der Waals surface area (Å²) in [6.07, 6.45) is 5.62. The van der Waals surface area contributed by atoms with Crippen molar-refractivity contribution in [1.29, 1.82) is 0 Å². The number of hydrogen-bond acceptors (Lipinski definition) is 2. The molecule has 1 saturated carbocycles. The molecule has 0 radical (unpaired) electrons. The summed E-state index contributed by atoms with van der Waals surface area (Å²) < 4.78 is 12.9. The maximum absolute atomic E-state index is 12.9. The lowest BCUT2D eigenvalue weighted by molar-refractivity contribution is -0.153. The van der Waals surface area contributed by atoms with Gasteiger partial charge in [0.2, 0.25) is 5.91 Å². The summed E-state index contributed by atoms with van der Waals surface area (Å²) >= 11 is 0. The molecule has 116 valence electrons.